The van der Waals surface area contributed by atoms with Crippen molar-refractivity contribution in [1.82, 2.24) is 0 Å². The molecule has 1 unspecified atom stereocenters. The molecule has 22 heavy (non-hydrogen) atoms. The Bertz CT molecular complexity index is 785. The van der Waals surface area contributed by atoms with E-state index in [4.69, 9.17) is 14.3 Å². The van der Waals surface area contributed by atoms with Gasteiger partial charge in [0.05, 0.1) is 18.4 Å². The lowest BCUT2D eigenvalue weighted by Crippen LogP contribution is -2.36. The molecule has 6 heteroatoms. The Hall–Kier alpha value is -3.02. The van der Waals surface area contributed by atoms with E-state index >= 15 is 0 Å². The summed E-state index contributed by atoms with van der Waals surface area (Å²) >= 11 is 0. The van der Waals surface area contributed by atoms with Gasteiger partial charge in [0.25, 0.3) is 5.90 Å². The molecule has 0 bridgehead atoms. The van der Waals surface area contributed by atoms with E-state index in [2.05, 4.69) is 10.5 Å². The molecule has 1 spiro atoms. The molecule has 110 valence electrons. The molecular weight excluding hydrogens is 284 g/mol. The lowest BCUT2D eigenvalue weighted by atomic mass is 10.1. The zero-order valence-corrected chi connectivity index (χ0v) is 11.7. The van der Waals surface area contributed by atoms with Crippen molar-refractivity contribution in [3.63, 3.8) is 0 Å². The molecule has 4 rings (SSSR count). The van der Waals surface area contributed by atoms with Crippen LogP contribution in [0.2, 0.25) is 0 Å². The predicted octanol–water partition coefficient (Wildman–Crippen LogP) is 2.21. The Kier molecular flexibility index (Phi) is 2.59. The molecule has 0 saturated heterocycles. The van der Waals surface area contributed by atoms with Crippen LogP contribution in [0.3, 0.4) is 0 Å². The number of rotatable bonds is 2. The third-order valence-corrected chi connectivity index (χ3v) is 3.66. The van der Waals surface area contributed by atoms with Crippen molar-refractivity contribution in [2.45, 2.75) is 5.79 Å². The molecule has 0 fully saturated rings. The minimum atomic E-state index is -1.54. The molecule has 0 aliphatic carbocycles. The number of amides is 1. The van der Waals surface area contributed by atoms with Gasteiger partial charge in [0.1, 0.15) is 5.75 Å². The highest BCUT2D eigenvalue weighted by Gasteiger charge is 2.56. The first-order valence-electron chi connectivity index (χ1n) is 6.73. The smallest absolute Gasteiger partial charge is 0.385 e. The maximum Gasteiger partial charge on any atom is 0.385 e. The molecule has 2 aromatic rings. The number of carbonyl (C=O) groups is 1. The summed E-state index contributed by atoms with van der Waals surface area (Å²) in [5, 5.41) is 6.68. The molecule has 0 aromatic heterocycles. The summed E-state index contributed by atoms with van der Waals surface area (Å²) in [7, 11) is 1.59. The molecule has 1 amide bonds. The number of fused-ring (bicyclic) bond motifs is 2. The zero-order valence-electron chi connectivity index (χ0n) is 11.7. The van der Waals surface area contributed by atoms with Crippen LogP contribution in [0, 0.1) is 0 Å². The summed E-state index contributed by atoms with van der Waals surface area (Å²) < 4.78 is 10.9. The van der Waals surface area contributed by atoms with Crippen LogP contribution in [-0.4, -0.2) is 18.9 Å². The molecule has 2 aromatic carbocycles. The maximum absolute atomic E-state index is 12.3. The SMILES string of the molecule is COc1ccc(C2=NOC3(O2)C(=O)Nc2ccccc23)cc1. The molecule has 1 N–H and O–H groups in total. The monoisotopic (exact) mass is 296 g/mol. The van der Waals surface area contributed by atoms with Crippen molar-refractivity contribution in [1.29, 1.82) is 0 Å². The second kappa shape index (κ2) is 4.49. The summed E-state index contributed by atoms with van der Waals surface area (Å²) in [6.07, 6.45) is 0. The number of carbonyl (C=O) groups excluding carboxylic acids is 1. The molecular formula is C16H12N2O4. The fourth-order valence-corrected chi connectivity index (χ4v) is 2.52. The average molecular weight is 296 g/mol. The van der Waals surface area contributed by atoms with Crippen LogP contribution in [-0.2, 0) is 20.2 Å². The minimum absolute atomic E-state index is 0.259. The molecule has 0 saturated carbocycles. The second-order valence-corrected chi connectivity index (χ2v) is 4.93. The topological polar surface area (TPSA) is 69.1 Å². The first-order valence-corrected chi connectivity index (χ1v) is 6.73. The van der Waals surface area contributed by atoms with Crippen molar-refractivity contribution in [2.75, 3.05) is 12.4 Å². The summed E-state index contributed by atoms with van der Waals surface area (Å²) in [5.41, 5.74) is 1.99. The Morgan fingerprint density at radius 1 is 1.14 bits per heavy atom. The van der Waals surface area contributed by atoms with Gasteiger partial charge in [0.15, 0.2) is 0 Å². The standard InChI is InChI=1S/C16H12N2O4/c1-20-11-8-6-10(7-9-11)14-18-22-16(21-14)12-4-2-3-5-13(12)17-15(16)19/h2-9H,1H3,(H,17,19). The van der Waals surface area contributed by atoms with E-state index in [0.29, 0.717) is 16.8 Å². The summed E-state index contributed by atoms with van der Waals surface area (Å²) in [6, 6.07) is 14.4. The summed E-state index contributed by atoms with van der Waals surface area (Å²) in [6.45, 7) is 0. The number of nitrogens with one attached hydrogen (secondary N) is 1. The summed E-state index contributed by atoms with van der Waals surface area (Å²) in [4.78, 5) is 17.7. The highest BCUT2D eigenvalue weighted by atomic mass is 16.8. The third kappa shape index (κ3) is 1.67. The Labute approximate surface area is 126 Å². The Morgan fingerprint density at radius 2 is 1.91 bits per heavy atom. The van der Waals surface area contributed by atoms with E-state index < -0.39 is 5.79 Å². The number of nitrogens with zero attached hydrogens (tertiary/aromatic N) is 1. The van der Waals surface area contributed by atoms with Crippen molar-refractivity contribution in [3.8, 4) is 5.75 Å². The molecule has 1 atom stereocenters. The van der Waals surface area contributed by atoms with Gasteiger partial charge in [0, 0.05) is 5.56 Å². The van der Waals surface area contributed by atoms with Gasteiger partial charge in [0.2, 0.25) is 0 Å². The van der Waals surface area contributed by atoms with Gasteiger partial charge in [-0.05, 0) is 41.6 Å². The van der Waals surface area contributed by atoms with Crippen molar-refractivity contribution < 1.29 is 19.1 Å². The lowest BCUT2D eigenvalue weighted by Gasteiger charge is -2.18. The fraction of sp³-hybridized carbons (Fsp3) is 0.125. The fourth-order valence-electron chi connectivity index (χ4n) is 2.52. The number of benzene rings is 2. The van der Waals surface area contributed by atoms with Gasteiger partial charge >= 0.3 is 11.7 Å². The molecule has 2 aliphatic heterocycles. The van der Waals surface area contributed by atoms with E-state index in [-0.39, 0.29) is 11.8 Å². The maximum atomic E-state index is 12.3. The van der Waals surface area contributed by atoms with Crippen LogP contribution in [0.15, 0.2) is 53.7 Å². The Balaban J connectivity index is 1.67. The number of hydrogen-bond acceptors (Lipinski definition) is 5. The van der Waals surface area contributed by atoms with E-state index in [9.17, 15) is 4.79 Å². The van der Waals surface area contributed by atoms with Crippen LogP contribution in [0.1, 0.15) is 11.1 Å². The normalized spacial score (nSPS) is 21.7. The van der Waals surface area contributed by atoms with E-state index in [0.717, 1.165) is 5.75 Å². The van der Waals surface area contributed by atoms with Crippen LogP contribution in [0.5, 0.6) is 5.75 Å². The van der Waals surface area contributed by atoms with Crippen LogP contribution in [0.25, 0.3) is 0 Å². The van der Waals surface area contributed by atoms with Gasteiger partial charge in [-0.1, -0.05) is 12.1 Å². The highest BCUT2D eigenvalue weighted by Crippen LogP contribution is 2.43. The Morgan fingerprint density at radius 3 is 2.68 bits per heavy atom. The van der Waals surface area contributed by atoms with E-state index in [1.807, 2.05) is 12.1 Å². The first kappa shape index (κ1) is 12.7. The van der Waals surface area contributed by atoms with Gasteiger partial charge in [-0.2, -0.15) is 0 Å². The zero-order chi connectivity index (χ0) is 15.2. The van der Waals surface area contributed by atoms with Crippen molar-refractivity contribution in [3.05, 3.63) is 59.7 Å². The molecule has 2 aliphatic rings. The van der Waals surface area contributed by atoms with Crippen LogP contribution in [0.4, 0.5) is 5.69 Å². The molecule has 2 heterocycles. The number of anilines is 1. The van der Waals surface area contributed by atoms with Gasteiger partial charge in [-0.25, -0.2) is 0 Å². The van der Waals surface area contributed by atoms with Crippen molar-refractivity contribution >= 4 is 17.5 Å². The number of methoxy groups -OCH3 is 1. The highest BCUT2D eigenvalue weighted by molar-refractivity contribution is 6.07. The predicted molar refractivity (Wildman–Crippen MR) is 78.5 cm³/mol. The molecule has 0 radical (unpaired) electrons. The van der Waals surface area contributed by atoms with Gasteiger partial charge in [-0.15, -0.1) is 0 Å². The van der Waals surface area contributed by atoms with E-state index in [1.54, 1.807) is 43.5 Å². The largest absolute Gasteiger partial charge is 0.497 e. The second-order valence-electron chi connectivity index (χ2n) is 4.93. The minimum Gasteiger partial charge on any atom is -0.497 e. The number of hydrogen-bond donors (Lipinski definition) is 1. The lowest BCUT2D eigenvalue weighted by molar-refractivity contribution is -0.179. The van der Waals surface area contributed by atoms with Crippen LogP contribution >= 0.6 is 0 Å². The first-order chi connectivity index (χ1) is 10.7. The van der Waals surface area contributed by atoms with Gasteiger partial charge in [-0.3, -0.25) is 4.79 Å². The van der Waals surface area contributed by atoms with Crippen molar-refractivity contribution in [2.24, 2.45) is 5.16 Å². The van der Waals surface area contributed by atoms with Gasteiger partial charge < -0.3 is 19.6 Å². The number of para-hydroxylation sites is 1. The number of oxime groups is 1. The third-order valence-electron chi connectivity index (χ3n) is 3.66. The van der Waals surface area contributed by atoms with Crippen LogP contribution < -0.4 is 10.1 Å². The average Bonchev–Trinajstić information content (AvgIpc) is 3.12. The quantitative estimate of drug-likeness (QED) is 0.922. The summed E-state index contributed by atoms with van der Waals surface area (Å²) in [5.74, 6) is -0.941. The molecule has 6 nitrogen and oxygen atoms in total. The van der Waals surface area contributed by atoms with E-state index in [1.165, 1.54) is 0 Å². The number of ether oxygens (including phenoxy) is 2.